The average Bonchev–Trinajstić information content (AvgIpc) is 3.36. The topological polar surface area (TPSA) is 97.1 Å². The summed E-state index contributed by atoms with van der Waals surface area (Å²) in [6.45, 7) is 1.88. The molecule has 5 rings (SSSR count). The lowest BCUT2D eigenvalue weighted by molar-refractivity contribution is -0.130. The van der Waals surface area contributed by atoms with E-state index in [0.717, 1.165) is 0 Å². The Balaban J connectivity index is 1.59. The summed E-state index contributed by atoms with van der Waals surface area (Å²) < 4.78 is 23.3. The molecule has 7 nitrogen and oxygen atoms in total. The molecule has 0 fully saturated rings. The van der Waals surface area contributed by atoms with Crippen LogP contribution in [0.4, 0.5) is 0 Å². The highest BCUT2D eigenvalue weighted by atomic mass is 35.5. The van der Waals surface area contributed by atoms with E-state index in [2.05, 4.69) is 0 Å². The van der Waals surface area contributed by atoms with Crippen molar-refractivity contribution in [1.82, 2.24) is 0 Å². The van der Waals surface area contributed by atoms with E-state index in [1.807, 2.05) is 18.2 Å². The van der Waals surface area contributed by atoms with Crippen molar-refractivity contribution in [2.75, 3.05) is 20.8 Å². The fourth-order valence-electron chi connectivity index (χ4n) is 5.24. The molecule has 3 atom stereocenters. The molecule has 0 saturated heterocycles. The number of benzene rings is 2. The van der Waals surface area contributed by atoms with E-state index in [1.54, 1.807) is 13.0 Å². The number of allylic oxidation sites excluding steroid dienone is 1. The molecular weight excluding hydrogens is 481 g/mol. The maximum Gasteiger partial charge on any atom is 0.236 e. The van der Waals surface area contributed by atoms with Crippen LogP contribution in [0.25, 0.3) is 0 Å². The Hall–Kier alpha value is -2.74. The third kappa shape index (κ3) is 2.87. The van der Waals surface area contributed by atoms with Gasteiger partial charge in [0.1, 0.15) is 27.8 Å². The number of rotatable bonds is 4. The van der Waals surface area contributed by atoms with E-state index < -0.39 is 28.7 Å². The number of hydrogen-bond donors (Lipinski definition) is 1. The summed E-state index contributed by atoms with van der Waals surface area (Å²) in [6.07, 6.45) is 0.487. The number of nitrogens with two attached hydrogens (primary N) is 1. The SMILES string of the molecule is COc1cc(OC)c2c(c1Cl)O[C@@]1(C(=O)C3=C(C[C@H]1C)O[C@](CN)(c1ccccc1Cl)C3)C2=O. The van der Waals surface area contributed by atoms with E-state index in [1.165, 1.54) is 20.3 Å². The molecule has 9 heteroatoms. The monoisotopic (exact) mass is 503 g/mol. The molecule has 0 saturated carbocycles. The first-order chi connectivity index (χ1) is 16.2. The van der Waals surface area contributed by atoms with Crippen LogP contribution in [0.1, 0.15) is 35.7 Å². The van der Waals surface area contributed by atoms with Gasteiger partial charge in [-0.05, 0) is 6.07 Å². The summed E-state index contributed by atoms with van der Waals surface area (Å²) in [5, 5.41) is 0.602. The Labute approximate surface area is 206 Å². The van der Waals surface area contributed by atoms with Crippen molar-refractivity contribution in [3.63, 3.8) is 0 Å². The first-order valence-corrected chi connectivity index (χ1v) is 11.6. The Morgan fingerprint density at radius 1 is 1.09 bits per heavy atom. The van der Waals surface area contributed by atoms with Crippen molar-refractivity contribution in [3.05, 3.63) is 62.8 Å². The maximum absolute atomic E-state index is 14.0. The minimum Gasteiger partial charge on any atom is -0.496 e. The molecule has 0 unspecified atom stereocenters. The number of carbonyl (C=O) groups is 2. The standard InChI is InChI=1S/C25H23Cl2NO6/c1-12-8-16-13(10-24(11-28,33-16)14-6-4-5-7-15(14)26)22(29)25(12)23(30)19-17(31-2)9-18(32-3)20(27)21(19)34-25/h4-7,9,12H,8,10-11,28H2,1-3H3/t12-,24-,25+/m1/s1. The molecular formula is C25H23Cl2NO6. The van der Waals surface area contributed by atoms with Crippen LogP contribution < -0.4 is 19.9 Å². The normalized spacial score (nSPS) is 27.4. The Kier molecular flexibility index (Phi) is 5.35. The van der Waals surface area contributed by atoms with Crippen LogP contribution in [0.15, 0.2) is 41.7 Å². The van der Waals surface area contributed by atoms with Crippen LogP contribution in [-0.4, -0.2) is 37.9 Å². The van der Waals surface area contributed by atoms with Gasteiger partial charge in [0.15, 0.2) is 11.4 Å². The Morgan fingerprint density at radius 2 is 1.79 bits per heavy atom. The molecule has 178 valence electrons. The number of ether oxygens (including phenoxy) is 4. The molecule has 0 radical (unpaired) electrons. The highest BCUT2D eigenvalue weighted by molar-refractivity contribution is 6.36. The molecule has 1 spiro atoms. The van der Waals surface area contributed by atoms with Gasteiger partial charge < -0.3 is 24.7 Å². The van der Waals surface area contributed by atoms with Crippen molar-refractivity contribution in [3.8, 4) is 17.2 Å². The highest BCUT2D eigenvalue weighted by Gasteiger charge is 2.64. The minimum atomic E-state index is -1.78. The second kappa shape index (κ2) is 7.90. The summed E-state index contributed by atoms with van der Waals surface area (Å²) in [5.74, 6) is -0.377. The Morgan fingerprint density at radius 3 is 2.44 bits per heavy atom. The third-order valence-electron chi connectivity index (χ3n) is 7.03. The van der Waals surface area contributed by atoms with E-state index in [-0.39, 0.29) is 40.8 Å². The Bertz CT molecular complexity index is 1270. The van der Waals surface area contributed by atoms with Gasteiger partial charge in [-0.15, -0.1) is 0 Å². The van der Waals surface area contributed by atoms with Crippen LogP contribution in [0.2, 0.25) is 10.0 Å². The maximum atomic E-state index is 14.0. The lowest BCUT2D eigenvalue weighted by Crippen LogP contribution is -2.56. The molecule has 2 aliphatic heterocycles. The number of methoxy groups -OCH3 is 2. The molecule has 34 heavy (non-hydrogen) atoms. The summed E-state index contributed by atoms with van der Waals surface area (Å²) in [6, 6.07) is 8.76. The van der Waals surface area contributed by atoms with E-state index in [0.29, 0.717) is 28.3 Å². The van der Waals surface area contributed by atoms with Crippen LogP contribution in [0.5, 0.6) is 17.2 Å². The second-order valence-electron chi connectivity index (χ2n) is 8.76. The molecule has 1 aliphatic carbocycles. The summed E-state index contributed by atoms with van der Waals surface area (Å²) in [4.78, 5) is 27.9. The minimum absolute atomic E-state index is 0.0854. The number of halogens is 2. The molecule has 3 aliphatic rings. The molecule has 2 aromatic carbocycles. The quantitative estimate of drug-likeness (QED) is 0.614. The first kappa shape index (κ1) is 23.0. The van der Waals surface area contributed by atoms with Gasteiger partial charge in [-0.25, -0.2) is 0 Å². The largest absolute Gasteiger partial charge is 0.496 e. The van der Waals surface area contributed by atoms with Gasteiger partial charge in [0, 0.05) is 47.5 Å². The zero-order valence-corrected chi connectivity index (χ0v) is 20.4. The zero-order valence-electron chi connectivity index (χ0n) is 18.9. The fraction of sp³-hybridized carbons (Fsp3) is 0.360. The van der Waals surface area contributed by atoms with Crippen molar-refractivity contribution in [1.29, 1.82) is 0 Å². The molecule has 2 heterocycles. The summed E-state index contributed by atoms with van der Waals surface area (Å²) >= 11 is 12.9. The zero-order chi connectivity index (χ0) is 24.4. The van der Waals surface area contributed by atoms with Crippen molar-refractivity contribution in [2.24, 2.45) is 11.7 Å². The van der Waals surface area contributed by atoms with E-state index >= 15 is 0 Å². The number of hydrogen-bond acceptors (Lipinski definition) is 7. The van der Waals surface area contributed by atoms with Gasteiger partial charge in [0.2, 0.25) is 17.2 Å². The van der Waals surface area contributed by atoms with Crippen LogP contribution in [-0.2, 0) is 15.1 Å². The smallest absolute Gasteiger partial charge is 0.236 e. The third-order valence-corrected chi connectivity index (χ3v) is 7.72. The van der Waals surface area contributed by atoms with E-state index in [9.17, 15) is 9.59 Å². The van der Waals surface area contributed by atoms with Gasteiger partial charge in [-0.2, -0.15) is 0 Å². The predicted octanol–water partition coefficient (Wildman–Crippen LogP) is 4.46. The number of ketones is 2. The second-order valence-corrected chi connectivity index (χ2v) is 9.54. The summed E-state index contributed by atoms with van der Waals surface area (Å²) in [5.41, 5.74) is 4.59. The molecule has 0 amide bonds. The lowest BCUT2D eigenvalue weighted by Gasteiger charge is -2.35. The summed E-state index contributed by atoms with van der Waals surface area (Å²) in [7, 11) is 2.88. The van der Waals surface area contributed by atoms with E-state index in [4.69, 9.17) is 47.9 Å². The number of Topliss-reactive ketones (excluding diaryl/α,β-unsaturated/α-hetero) is 2. The number of carbonyl (C=O) groups excluding carboxylic acids is 2. The first-order valence-electron chi connectivity index (χ1n) is 10.8. The van der Waals surface area contributed by atoms with Crippen molar-refractivity contribution in [2.45, 2.75) is 31.0 Å². The number of fused-ring (bicyclic) bond motifs is 1. The fourth-order valence-corrected chi connectivity index (χ4v) is 5.81. The van der Waals surface area contributed by atoms with Crippen molar-refractivity contribution >= 4 is 34.8 Å². The van der Waals surface area contributed by atoms with Crippen LogP contribution in [0.3, 0.4) is 0 Å². The highest BCUT2D eigenvalue weighted by Crippen LogP contribution is 2.57. The van der Waals surface area contributed by atoms with Gasteiger partial charge in [0.05, 0.1) is 14.2 Å². The van der Waals surface area contributed by atoms with Gasteiger partial charge in [0.25, 0.3) is 0 Å². The molecule has 0 aromatic heterocycles. The van der Waals surface area contributed by atoms with Gasteiger partial charge >= 0.3 is 0 Å². The van der Waals surface area contributed by atoms with Crippen LogP contribution in [0, 0.1) is 5.92 Å². The molecule has 2 aromatic rings. The predicted molar refractivity (Wildman–Crippen MR) is 126 cm³/mol. The molecule has 0 bridgehead atoms. The van der Waals surface area contributed by atoms with Gasteiger partial charge in [-0.3, -0.25) is 9.59 Å². The average molecular weight is 504 g/mol. The molecule has 2 N–H and O–H groups in total. The van der Waals surface area contributed by atoms with Gasteiger partial charge in [-0.1, -0.05) is 48.3 Å². The van der Waals surface area contributed by atoms with Crippen molar-refractivity contribution < 1.29 is 28.5 Å². The lowest BCUT2D eigenvalue weighted by atomic mass is 9.70. The van der Waals surface area contributed by atoms with Crippen LogP contribution >= 0.6 is 23.2 Å².